The molecule has 0 radical (unpaired) electrons. The maximum absolute atomic E-state index is 10.8. The van der Waals surface area contributed by atoms with Crippen molar-refractivity contribution < 1.29 is 9.84 Å². The second-order valence-corrected chi connectivity index (χ2v) is 6.92. The zero-order chi connectivity index (χ0) is 17.7. The average molecular weight is 331 g/mol. The molecule has 1 heterocycles. The van der Waals surface area contributed by atoms with E-state index in [0.29, 0.717) is 12.5 Å². The van der Waals surface area contributed by atoms with Crippen LogP contribution in [0.15, 0.2) is 36.7 Å². The van der Waals surface area contributed by atoms with Crippen LogP contribution < -0.4 is 10.1 Å². The van der Waals surface area contributed by atoms with Crippen molar-refractivity contribution in [1.82, 2.24) is 15.1 Å². The number of para-hydroxylation sites is 1. The van der Waals surface area contributed by atoms with Gasteiger partial charge in [-0.05, 0) is 30.9 Å². The van der Waals surface area contributed by atoms with Crippen molar-refractivity contribution in [3.05, 3.63) is 47.8 Å². The number of hydrogen-bond acceptors (Lipinski definition) is 4. The van der Waals surface area contributed by atoms with Gasteiger partial charge in [0.1, 0.15) is 11.4 Å². The van der Waals surface area contributed by atoms with Crippen molar-refractivity contribution in [2.24, 2.45) is 13.0 Å². The molecule has 0 aliphatic carbocycles. The fourth-order valence-corrected chi connectivity index (χ4v) is 2.78. The summed E-state index contributed by atoms with van der Waals surface area (Å²) in [6, 6.07) is 8.33. The second kappa shape index (κ2) is 7.81. The monoisotopic (exact) mass is 331 g/mol. The highest BCUT2D eigenvalue weighted by atomic mass is 16.5. The van der Waals surface area contributed by atoms with Crippen LogP contribution in [0.5, 0.6) is 5.75 Å². The smallest absolute Gasteiger partial charge is 0.122 e. The first-order valence-electron chi connectivity index (χ1n) is 8.40. The summed E-state index contributed by atoms with van der Waals surface area (Å²) in [6.07, 6.45) is 4.42. The standard InChI is InChI=1S/C19H29N3O2/c1-14(2)17(10-15-8-6-7-9-18(15)24-5)20-13-19(3,23)16-11-21-22(4)12-16/h6-9,11-12,14,17,20,23H,10,13H2,1-5H3. The summed E-state index contributed by atoms with van der Waals surface area (Å²) < 4.78 is 7.16. The van der Waals surface area contributed by atoms with Gasteiger partial charge in [-0.25, -0.2) is 0 Å². The first-order valence-corrected chi connectivity index (χ1v) is 8.40. The van der Waals surface area contributed by atoms with Crippen molar-refractivity contribution >= 4 is 0 Å². The largest absolute Gasteiger partial charge is 0.496 e. The Kier molecular flexibility index (Phi) is 6.02. The molecule has 0 aliphatic rings. The number of methoxy groups -OCH3 is 1. The van der Waals surface area contributed by atoms with Gasteiger partial charge in [0.25, 0.3) is 0 Å². The molecule has 0 fully saturated rings. The number of ether oxygens (including phenoxy) is 1. The lowest BCUT2D eigenvalue weighted by Crippen LogP contribution is -2.44. The molecule has 2 atom stereocenters. The maximum atomic E-state index is 10.8. The molecule has 0 spiro atoms. The molecule has 2 unspecified atom stereocenters. The van der Waals surface area contributed by atoms with Crippen LogP contribution in [0.4, 0.5) is 0 Å². The highest BCUT2D eigenvalue weighted by molar-refractivity contribution is 5.34. The molecule has 24 heavy (non-hydrogen) atoms. The van der Waals surface area contributed by atoms with Gasteiger partial charge in [-0.2, -0.15) is 5.10 Å². The van der Waals surface area contributed by atoms with Gasteiger partial charge in [0.2, 0.25) is 0 Å². The highest BCUT2D eigenvalue weighted by Crippen LogP contribution is 2.23. The molecule has 5 heteroatoms. The first kappa shape index (κ1) is 18.5. The Morgan fingerprint density at radius 2 is 2.04 bits per heavy atom. The van der Waals surface area contributed by atoms with E-state index in [1.54, 1.807) is 18.0 Å². The second-order valence-electron chi connectivity index (χ2n) is 6.92. The molecule has 2 rings (SSSR count). The highest BCUT2D eigenvalue weighted by Gasteiger charge is 2.27. The Morgan fingerprint density at radius 3 is 2.62 bits per heavy atom. The van der Waals surface area contributed by atoms with E-state index in [4.69, 9.17) is 4.74 Å². The van der Waals surface area contributed by atoms with Crippen LogP contribution in [0.1, 0.15) is 31.9 Å². The minimum Gasteiger partial charge on any atom is -0.496 e. The van der Waals surface area contributed by atoms with E-state index in [1.807, 2.05) is 38.4 Å². The molecule has 0 aliphatic heterocycles. The third-order valence-corrected chi connectivity index (χ3v) is 4.47. The molecule has 5 nitrogen and oxygen atoms in total. The Balaban J connectivity index is 2.06. The van der Waals surface area contributed by atoms with E-state index in [9.17, 15) is 5.11 Å². The Hall–Kier alpha value is -1.85. The number of hydrogen-bond donors (Lipinski definition) is 2. The SMILES string of the molecule is COc1ccccc1CC(NCC(C)(O)c1cnn(C)c1)C(C)C. The summed E-state index contributed by atoms with van der Waals surface area (Å²) in [5.74, 6) is 1.34. The van der Waals surface area contributed by atoms with Gasteiger partial charge in [0.15, 0.2) is 0 Å². The van der Waals surface area contributed by atoms with E-state index in [0.717, 1.165) is 17.7 Å². The van der Waals surface area contributed by atoms with Crippen molar-refractivity contribution in [2.45, 2.75) is 38.8 Å². The van der Waals surface area contributed by atoms with Gasteiger partial charge in [-0.15, -0.1) is 0 Å². The van der Waals surface area contributed by atoms with Crippen LogP contribution in [0.3, 0.4) is 0 Å². The number of rotatable bonds is 8. The molecular formula is C19H29N3O2. The van der Waals surface area contributed by atoms with Gasteiger partial charge in [0, 0.05) is 31.4 Å². The Morgan fingerprint density at radius 1 is 1.33 bits per heavy atom. The van der Waals surface area contributed by atoms with Crippen LogP contribution in [0, 0.1) is 5.92 Å². The molecule has 132 valence electrons. The summed E-state index contributed by atoms with van der Waals surface area (Å²) in [7, 11) is 3.55. The van der Waals surface area contributed by atoms with Crippen LogP contribution >= 0.6 is 0 Å². The van der Waals surface area contributed by atoms with Crippen molar-refractivity contribution in [2.75, 3.05) is 13.7 Å². The number of aryl methyl sites for hydroxylation is 1. The van der Waals surface area contributed by atoms with Crippen LogP contribution in [0.25, 0.3) is 0 Å². The summed E-state index contributed by atoms with van der Waals surface area (Å²) in [5, 5.41) is 18.4. The molecule has 0 saturated carbocycles. The van der Waals surface area contributed by atoms with Crippen molar-refractivity contribution in [3.63, 3.8) is 0 Å². The van der Waals surface area contributed by atoms with Crippen LogP contribution in [-0.4, -0.2) is 34.6 Å². The predicted octanol–water partition coefficient (Wildman–Crippen LogP) is 2.49. The minimum absolute atomic E-state index is 0.240. The van der Waals surface area contributed by atoms with E-state index in [1.165, 1.54) is 5.56 Å². The van der Waals surface area contributed by atoms with Crippen LogP contribution in [-0.2, 0) is 19.1 Å². The average Bonchev–Trinajstić information content (AvgIpc) is 2.99. The number of nitrogens with one attached hydrogen (secondary N) is 1. The van der Waals surface area contributed by atoms with E-state index < -0.39 is 5.60 Å². The summed E-state index contributed by atoms with van der Waals surface area (Å²) in [4.78, 5) is 0. The first-order chi connectivity index (χ1) is 11.3. The molecule has 0 amide bonds. The van der Waals surface area contributed by atoms with E-state index >= 15 is 0 Å². The molecule has 1 aromatic carbocycles. The molecule has 0 saturated heterocycles. The van der Waals surface area contributed by atoms with Crippen molar-refractivity contribution in [3.8, 4) is 5.75 Å². The van der Waals surface area contributed by atoms with Crippen LogP contribution in [0.2, 0.25) is 0 Å². The summed E-state index contributed by atoms with van der Waals surface area (Å²) >= 11 is 0. The van der Waals surface area contributed by atoms with E-state index in [2.05, 4.69) is 30.3 Å². The molecule has 2 aromatic rings. The quantitative estimate of drug-likeness (QED) is 0.780. The topological polar surface area (TPSA) is 59.3 Å². The number of aromatic nitrogens is 2. The number of benzene rings is 1. The summed E-state index contributed by atoms with van der Waals surface area (Å²) in [6.45, 7) is 6.66. The zero-order valence-electron chi connectivity index (χ0n) is 15.3. The van der Waals surface area contributed by atoms with Gasteiger partial charge in [-0.3, -0.25) is 4.68 Å². The number of nitrogens with zero attached hydrogens (tertiary/aromatic N) is 2. The van der Waals surface area contributed by atoms with Crippen molar-refractivity contribution in [1.29, 1.82) is 0 Å². The molecular weight excluding hydrogens is 302 g/mol. The molecule has 0 bridgehead atoms. The van der Waals surface area contributed by atoms with Gasteiger partial charge < -0.3 is 15.2 Å². The molecule has 2 N–H and O–H groups in total. The lowest BCUT2D eigenvalue weighted by atomic mass is 9.93. The number of aliphatic hydroxyl groups is 1. The Labute approximate surface area is 144 Å². The van der Waals surface area contributed by atoms with Gasteiger partial charge in [-0.1, -0.05) is 32.0 Å². The third kappa shape index (κ3) is 4.58. The fraction of sp³-hybridized carbons (Fsp3) is 0.526. The molecule has 1 aromatic heterocycles. The lowest BCUT2D eigenvalue weighted by molar-refractivity contribution is 0.0518. The summed E-state index contributed by atoms with van der Waals surface area (Å²) in [5.41, 5.74) is 1.03. The maximum Gasteiger partial charge on any atom is 0.122 e. The van der Waals surface area contributed by atoms with Gasteiger partial charge in [0.05, 0.1) is 13.3 Å². The predicted molar refractivity (Wildman–Crippen MR) is 96.1 cm³/mol. The normalized spacial score (nSPS) is 15.3. The Bertz CT molecular complexity index is 650. The van der Waals surface area contributed by atoms with E-state index in [-0.39, 0.29) is 6.04 Å². The van der Waals surface area contributed by atoms with Gasteiger partial charge >= 0.3 is 0 Å². The third-order valence-electron chi connectivity index (χ3n) is 4.47. The lowest BCUT2D eigenvalue weighted by Gasteiger charge is -2.29. The fourth-order valence-electron chi connectivity index (χ4n) is 2.78. The minimum atomic E-state index is -0.956. The zero-order valence-corrected chi connectivity index (χ0v) is 15.3.